The second kappa shape index (κ2) is 5.45. The van der Waals surface area contributed by atoms with Gasteiger partial charge in [0, 0.05) is 22.2 Å². The Hall–Kier alpha value is -1.88. The number of nitrogens with one attached hydrogen (secondary N) is 1. The maximum Gasteiger partial charge on any atom is 0.273 e. The van der Waals surface area contributed by atoms with E-state index >= 15 is 0 Å². The van der Waals surface area contributed by atoms with Crippen LogP contribution in [-0.2, 0) is 0 Å². The minimum atomic E-state index is -0.521. The molecule has 0 aliphatic carbocycles. The Balaban J connectivity index is 2.92. The summed E-state index contributed by atoms with van der Waals surface area (Å²) in [5.74, 6) is -0.421. The highest BCUT2D eigenvalue weighted by Gasteiger charge is 2.14. The van der Waals surface area contributed by atoms with Crippen molar-refractivity contribution in [2.24, 2.45) is 0 Å². The van der Waals surface area contributed by atoms with Crippen molar-refractivity contribution in [2.75, 3.05) is 6.54 Å². The number of hydrogen-bond acceptors (Lipinski definition) is 3. The van der Waals surface area contributed by atoms with Crippen molar-refractivity contribution in [2.45, 2.75) is 6.92 Å². The van der Waals surface area contributed by atoms with Crippen LogP contribution in [-0.4, -0.2) is 17.4 Å². The third kappa shape index (κ3) is 3.57. The minimum Gasteiger partial charge on any atom is -0.347 e. The Morgan fingerprint density at radius 3 is 2.76 bits per heavy atom. The number of carbonyl (C=O) groups is 1. The van der Waals surface area contributed by atoms with Crippen LogP contribution in [0.2, 0.25) is 0 Å². The zero-order valence-corrected chi connectivity index (χ0v) is 9.95. The number of carbonyl (C=O) groups excluding carboxylic acids is 1. The lowest BCUT2D eigenvalue weighted by Crippen LogP contribution is -2.24. The largest absolute Gasteiger partial charge is 0.347 e. The van der Waals surface area contributed by atoms with Crippen molar-refractivity contribution >= 4 is 23.2 Å². The number of nitro benzene ring substituents is 1. The van der Waals surface area contributed by atoms with E-state index in [2.05, 4.69) is 11.9 Å². The van der Waals surface area contributed by atoms with E-state index in [-0.39, 0.29) is 17.8 Å². The van der Waals surface area contributed by atoms with E-state index < -0.39 is 10.8 Å². The fourth-order valence-corrected chi connectivity index (χ4v) is 1.29. The molecular formula is C11H11ClN2O3. The van der Waals surface area contributed by atoms with Gasteiger partial charge >= 0.3 is 0 Å². The molecule has 6 heteroatoms. The Bertz CT molecular complexity index is 486. The van der Waals surface area contributed by atoms with Crippen molar-refractivity contribution in [3.63, 3.8) is 0 Å². The van der Waals surface area contributed by atoms with Gasteiger partial charge in [-0.3, -0.25) is 14.9 Å². The molecule has 0 spiro atoms. The molecular weight excluding hydrogens is 244 g/mol. The fourth-order valence-electron chi connectivity index (χ4n) is 1.23. The standard InChI is InChI=1S/C11H11ClN2O3/c1-7-3-4-9(5-10(7)14(16)17)11(15)13-6-8(2)12/h3-5H,2,6H2,1H3,(H,13,15). The molecule has 1 aromatic carbocycles. The SMILES string of the molecule is C=C(Cl)CNC(=O)c1ccc(C)c([N+](=O)[O-])c1. The van der Waals surface area contributed by atoms with E-state index in [4.69, 9.17) is 11.6 Å². The van der Waals surface area contributed by atoms with Gasteiger partial charge in [0.2, 0.25) is 0 Å². The molecule has 0 bridgehead atoms. The topological polar surface area (TPSA) is 72.2 Å². The van der Waals surface area contributed by atoms with E-state index in [1.165, 1.54) is 18.2 Å². The Morgan fingerprint density at radius 2 is 2.24 bits per heavy atom. The lowest BCUT2D eigenvalue weighted by Gasteiger charge is -2.04. The van der Waals surface area contributed by atoms with E-state index in [1.807, 2.05) is 0 Å². The number of aryl methyl sites for hydroxylation is 1. The van der Waals surface area contributed by atoms with Gasteiger partial charge in [-0.1, -0.05) is 24.2 Å². The molecule has 90 valence electrons. The lowest BCUT2D eigenvalue weighted by molar-refractivity contribution is -0.385. The summed E-state index contributed by atoms with van der Waals surface area (Å²) in [4.78, 5) is 21.8. The Labute approximate surface area is 103 Å². The van der Waals surface area contributed by atoms with Crippen LogP contribution in [0.3, 0.4) is 0 Å². The van der Waals surface area contributed by atoms with Gasteiger partial charge in [-0.15, -0.1) is 0 Å². The quantitative estimate of drug-likeness (QED) is 0.662. The molecule has 1 N–H and O–H groups in total. The number of halogens is 1. The van der Waals surface area contributed by atoms with Gasteiger partial charge in [-0.25, -0.2) is 0 Å². The summed E-state index contributed by atoms with van der Waals surface area (Å²) in [6, 6.07) is 4.29. The molecule has 17 heavy (non-hydrogen) atoms. The second-order valence-electron chi connectivity index (χ2n) is 3.46. The van der Waals surface area contributed by atoms with Gasteiger partial charge in [0.15, 0.2) is 0 Å². The van der Waals surface area contributed by atoms with E-state index in [1.54, 1.807) is 6.92 Å². The van der Waals surface area contributed by atoms with Crippen LogP contribution in [0.5, 0.6) is 0 Å². The molecule has 0 unspecified atom stereocenters. The minimum absolute atomic E-state index is 0.0812. The highest BCUT2D eigenvalue weighted by atomic mass is 35.5. The molecule has 0 atom stereocenters. The van der Waals surface area contributed by atoms with Gasteiger partial charge < -0.3 is 5.32 Å². The predicted octanol–water partition coefficient (Wildman–Crippen LogP) is 2.39. The van der Waals surface area contributed by atoms with Gasteiger partial charge in [-0.05, 0) is 13.0 Å². The Kier molecular flexibility index (Phi) is 4.23. The van der Waals surface area contributed by atoms with Gasteiger partial charge in [0.25, 0.3) is 11.6 Å². The first kappa shape index (κ1) is 13.2. The molecule has 0 radical (unpaired) electrons. The number of benzene rings is 1. The van der Waals surface area contributed by atoms with Crippen LogP contribution in [0.1, 0.15) is 15.9 Å². The second-order valence-corrected chi connectivity index (χ2v) is 3.99. The maximum absolute atomic E-state index is 11.6. The first-order chi connectivity index (χ1) is 7.91. The summed E-state index contributed by atoms with van der Waals surface area (Å²) in [5, 5.41) is 13.5. The molecule has 0 heterocycles. The van der Waals surface area contributed by atoms with Gasteiger partial charge in [0.1, 0.15) is 0 Å². The van der Waals surface area contributed by atoms with Crippen LogP contribution < -0.4 is 5.32 Å². The Morgan fingerprint density at radius 1 is 1.59 bits per heavy atom. The van der Waals surface area contributed by atoms with Crippen molar-refractivity contribution < 1.29 is 9.72 Å². The molecule has 0 saturated carbocycles. The molecule has 0 aromatic heterocycles. The lowest BCUT2D eigenvalue weighted by atomic mass is 10.1. The highest BCUT2D eigenvalue weighted by molar-refractivity contribution is 6.29. The average molecular weight is 255 g/mol. The number of amides is 1. The van der Waals surface area contributed by atoms with Crippen molar-refractivity contribution in [3.05, 3.63) is 51.1 Å². The van der Waals surface area contributed by atoms with Crippen LogP contribution in [0.25, 0.3) is 0 Å². The van der Waals surface area contributed by atoms with Crippen LogP contribution in [0.15, 0.2) is 29.8 Å². The van der Waals surface area contributed by atoms with Crippen LogP contribution in [0.4, 0.5) is 5.69 Å². The van der Waals surface area contributed by atoms with Crippen molar-refractivity contribution in [1.82, 2.24) is 5.32 Å². The molecule has 1 rings (SSSR count). The first-order valence-electron chi connectivity index (χ1n) is 4.78. The summed E-state index contributed by atoms with van der Waals surface area (Å²) in [5.41, 5.74) is 0.649. The zero-order chi connectivity index (χ0) is 13.0. The number of nitro groups is 1. The number of rotatable bonds is 4. The van der Waals surface area contributed by atoms with Gasteiger partial charge in [0.05, 0.1) is 11.5 Å². The number of nitrogens with zero attached hydrogens (tertiary/aromatic N) is 1. The highest BCUT2D eigenvalue weighted by Crippen LogP contribution is 2.19. The third-order valence-corrected chi connectivity index (χ3v) is 2.24. The molecule has 5 nitrogen and oxygen atoms in total. The number of hydrogen-bond donors (Lipinski definition) is 1. The van der Waals surface area contributed by atoms with E-state index in [9.17, 15) is 14.9 Å². The maximum atomic E-state index is 11.6. The summed E-state index contributed by atoms with van der Waals surface area (Å²) in [7, 11) is 0. The summed E-state index contributed by atoms with van der Waals surface area (Å²) >= 11 is 5.50. The molecule has 0 aliphatic heterocycles. The predicted molar refractivity (Wildman–Crippen MR) is 65.2 cm³/mol. The smallest absolute Gasteiger partial charge is 0.273 e. The molecule has 0 saturated heterocycles. The average Bonchev–Trinajstić information content (AvgIpc) is 2.26. The first-order valence-corrected chi connectivity index (χ1v) is 5.16. The third-order valence-electron chi connectivity index (χ3n) is 2.11. The normalized spacial score (nSPS) is 9.76. The van der Waals surface area contributed by atoms with E-state index in [0.717, 1.165) is 0 Å². The molecule has 1 amide bonds. The molecule has 1 aromatic rings. The van der Waals surface area contributed by atoms with Crippen molar-refractivity contribution in [3.8, 4) is 0 Å². The van der Waals surface area contributed by atoms with Gasteiger partial charge in [-0.2, -0.15) is 0 Å². The summed E-state index contributed by atoms with van der Waals surface area (Å²) < 4.78 is 0. The van der Waals surface area contributed by atoms with Crippen LogP contribution in [0, 0.1) is 17.0 Å². The summed E-state index contributed by atoms with van der Waals surface area (Å²) in [6.07, 6.45) is 0. The van der Waals surface area contributed by atoms with Crippen LogP contribution >= 0.6 is 11.6 Å². The molecule has 0 fully saturated rings. The van der Waals surface area contributed by atoms with Crippen molar-refractivity contribution in [1.29, 1.82) is 0 Å². The molecule has 0 aliphatic rings. The monoisotopic (exact) mass is 254 g/mol. The zero-order valence-electron chi connectivity index (χ0n) is 9.20. The fraction of sp³-hybridized carbons (Fsp3) is 0.182. The summed E-state index contributed by atoms with van der Waals surface area (Å²) in [6.45, 7) is 5.16. The van der Waals surface area contributed by atoms with E-state index in [0.29, 0.717) is 10.6 Å².